The Bertz CT molecular complexity index is 122. The second-order valence-corrected chi connectivity index (χ2v) is 4.53. The van der Waals surface area contributed by atoms with Crippen molar-refractivity contribution in [2.75, 3.05) is 6.54 Å². The van der Waals surface area contributed by atoms with Crippen LogP contribution < -0.4 is 5.32 Å². The highest BCUT2D eigenvalue weighted by Gasteiger charge is 2.21. The van der Waals surface area contributed by atoms with Crippen LogP contribution in [0.2, 0.25) is 0 Å². The third kappa shape index (κ3) is 4.12. The monoisotopic (exact) mass is 183 g/mol. The van der Waals surface area contributed by atoms with Crippen molar-refractivity contribution in [1.29, 1.82) is 0 Å². The van der Waals surface area contributed by atoms with Crippen LogP contribution in [-0.2, 0) is 0 Å². The van der Waals surface area contributed by atoms with Crippen LogP contribution in [0.25, 0.3) is 0 Å². The minimum atomic E-state index is 0.835. The Morgan fingerprint density at radius 2 is 2.00 bits per heavy atom. The van der Waals surface area contributed by atoms with Crippen LogP contribution in [0, 0.1) is 5.92 Å². The van der Waals surface area contributed by atoms with Crippen molar-refractivity contribution in [2.24, 2.45) is 5.92 Å². The van der Waals surface area contributed by atoms with Gasteiger partial charge in [0.05, 0.1) is 0 Å². The molecule has 0 amide bonds. The molecule has 0 aromatic carbocycles. The molecule has 0 bridgehead atoms. The fourth-order valence-corrected chi connectivity index (χ4v) is 2.29. The number of unbranched alkanes of at least 4 members (excludes halogenated alkanes) is 3. The maximum Gasteiger partial charge on any atom is 0.00926 e. The van der Waals surface area contributed by atoms with Crippen molar-refractivity contribution in [1.82, 2.24) is 5.32 Å². The van der Waals surface area contributed by atoms with Crippen LogP contribution in [-0.4, -0.2) is 12.6 Å². The standard InChI is InChI=1S/C12H25N/c1-3-4-5-6-10-13-12-9-7-8-11(12)2/h11-13H,3-10H2,1-2H3/t11-,12-/m1/s1. The molecule has 0 aromatic heterocycles. The van der Waals surface area contributed by atoms with Gasteiger partial charge in [-0.15, -0.1) is 0 Å². The smallest absolute Gasteiger partial charge is 0.00926 e. The summed E-state index contributed by atoms with van der Waals surface area (Å²) in [5, 5.41) is 3.69. The van der Waals surface area contributed by atoms with Gasteiger partial charge in [0.1, 0.15) is 0 Å². The Hall–Kier alpha value is -0.0400. The molecule has 2 atom stereocenters. The topological polar surface area (TPSA) is 12.0 Å². The van der Waals surface area contributed by atoms with E-state index in [1.807, 2.05) is 0 Å². The molecule has 0 heterocycles. The zero-order valence-corrected chi connectivity index (χ0v) is 9.31. The lowest BCUT2D eigenvalue weighted by atomic mass is 10.1. The molecule has 1 N–H and O–H groups in total. The maximum absolute atomic E-state index is 3.69. The molecule has 1 aliphatic carbocycles. The van der Waals surface area contributed by atoms with E-state index in [0.29, 0.717) is 0 Å². The zero-order chi connectivity index (χ0) is 9.52. The van der Waals surface area contributed by atoms with E-state index >= 15 is 0 Å². The van der Waals surface area contributed by atoms with Gasteiger partial charge in [0.15, 0.2) is 0 Å². The normalized spacial score (nSPS) is 28.2. The highest BCUT2D eigenvalue weighted by atomic mass is 14.9. The van der Waals surface area contributed by atoms with E-state index in [2.05, 4.69) is 19.2 Å². The first-order valence-corrected chi connectivity index (χ1v) is 6.08. The van der Waals surface area contributed by atoms with Gasteiger partial charge in [0.25, 0.3) is 0 Å². The molecule has 13 heavy (non-hydrogen) atoms. The summed E-state index contributed by atoms with van der Waals surface area (Å²) in [5.41, 5.74) is 0. The summed E-state index contributed by atoms with van der Waals surface area (Å²) in [4.78, 5) is 0. The predicted molar refractivity (Wildman–Crippen MR) is 58.9 cm³/mol. The average molecular weight is 183 g/mol. The number of nitrogens with one attached hydrogen (secondary N) is 1. The third-order valence-corrected chi connectivity index (χ3v) is 3.30. The summed E-state index contributed by atoms with van der Waals surface area (Å²) in [5.74, 6) is 0.922. The molecule has 1 heteroatoms. The fourth-order valence-electron chi connectivity index (χ4n) is 2.29. The zero-order valence-electron chi connectivity index (χ0n) is 9.31. The Morgan fingerprint density at radius 3 is 2.62 bits per heavy atom. The van der Waals surface area contributed by atoms with E-state index in [9.17, 15) is 0 Å². The van der Waals surface area contributed by atoms with Crippen LogP contribution in [0.4, 0.5) is 0 Å². The van der Waals surface area contributed by atoms with Gasteiger partial charge in [-0.2, -0.15) is 0 Å². The third-order valence-electron chi connectivity index (χ3n) is 3.30. The van der Waals surface area contributed by atoms with Crippen molar-refractivity contribution in [3.63, 3.8) is 0 Å². The molecular formula is C12H25N. The predicted octanol–water partition coefficient (Wildman–Crippen LogP) is 3.34. The molecule has 1 nitrogen and oxygen atoms in total. The Morgan fingerprint density at radius 1 is 1.15 bits per heavy atom. The molecule has 1 aliphatic rings. The molecule has 1 saturated carbocycles. The van der Waals surface area contributed by atoms with E-state index in [1.54, 1.807) is 0 Å². The van der Waals surface area contributed by atoms with Crippen molar-refractivity contribution >= 4 is 0 Å². The first-order chi connectivity index (χ1) is 6.34. The van der Waals surface area contributed by atoms with Gasteiger partial charge in [-0.1, -0.05) is 39.5 Å². The number of hydrogen-bond donors (Lipinski definition) is 1. The van der Waals surface area contributed by atoms with Gasteiger partial charge in [-0.3, -0.25) is 0 Å². The van der Waals surface area contributed by atoms with E-state index in [1.165, 1.54) is 51.5 Å². The van der Waals surface area contributed by atoms with Crippen LogP contribution in [0.5, 0.6) is 0 Å². The molecule has 1 rings (SSSR count). The quantitative estimate of drug-likeness (QED) is 0.623. The molecule has 78 valence electrons. The summed E-state index contributed by atoms with van der Waals surface area (Å²) in [7, 11) is 0. The second kappa shape index (κ2) is 6.42. The fraction of sp³-hybridized carbons (Fsp3) is 1.00. The lowest BCUT2D eigenvalue weighted by Crippen LogP contribution is -2.31. The van der Waals surface area contributed by atoms with E-state index in [0.717, 1.165) is 12.0 Å². The molecule has 0 unspecified atom stereocenters. The largest absolute Gasteiger partial charge is 0.314 e. The second-order valence-electron chi connectivity index (χ2n) is 4.53. The van der Waals surface area contributed by atoms with Gasteiger partial charge in [0, 0.05) is 6.04 Å². The molecule has 0 aliphatic heterocycles. The lowest BCUT2D eigenvalue weighted by Gasteiger charge is -2.16. The highest BCUT2D eigenvalue weighted by Crippen LogP contribution is 2.24. The van der Waals surface area contributed by atoms with Gasteiger partial charge in [-0.25, -0.2) is 0 Å². The minimum absolute atomic E-state index is 0.835. The van der Waals surface area contributed by atoms with Gasteiger partial charge >= 0.3 is 0 Å². The molecule has 0 spiro atoms. The molecule has 0 radical (unpaired) electrons. The van der Waals surface area contributed by atoms with Crippen LogP contribution in [0.15, 0.2) is 0 Å². The number of hydrogen-bond acceptors (Lipinski definition) is 1. The maximum atomic E-state index is 3.69. The Labute approximate surface area is 83.3 Å². The van der Waals surface area contributed by atoms with Crippen molar-refractivity contribution in [3.05, 3.63) is 0 Å². The van der Waals surface area contributed by atoms with Gasteiger partial charge < -0.3 is 5.32 Å². The van der Waals surface area contributed by atoms with Crippen LogP contribution in [0.1, 0.15) is 58.8 Å². The first-order valence-electron chi connectivity index (χ1n) is 6.08. The van der Waals surface area contributed by atoms with Crippen molar-refractivity contribution in [2.45, 2.75) is 64.8 Å². The van der Waals surface area contributed by atoms with Crippen molar-refractivity contribution in [3.8, 4) is 0 Å². The summed E-state index contributed by atoms with van der Waals surface area (Å²) < 4.78 is 0. The van der Waals surface area contributed by atoms with E-state index in [-0.39, 0.29) is 0 Å². The first kappa shape index (κ1) is 11.0. The Balaban J connectivity index is 1.93. The van der Waals surface area contributed by atoms with E-state index < -0.39 is 0 Å². The lowest BCUT2D eigenvalue weighted by molar-refractivity contribution is 0.420. The summed E-state index contributed by atoms with van der Waals surface area (Å²) in [6.07, 6.45) is 9.82. The molecule has 1 fully saturated rings. The van der Waals surface area contributed by atoms with Crippen LogP contribution in [0.3, 0.4) is 0 Å². The highest BCUT2D eigenvalue weighted by molar-refractivity contribution is 4.79. The molecule has 0 saturated heterocycles. The van der Waals surface area contributed by atoms with Crippen LogP contribution >= 0.6 is 0 Å². The Kier molecular flexibility index (Phi) is 5.45. The SMILES string of the molecule is CCCCCCN[C@@H]1CCC[C@H]1C. The number of rotatable bonds is 6. The van der Waals surface area contributed by atoms with Gasteiger partial charge in [0.2, 0.25) is 0 Å². The summed E-state index contributed by atoms with van der Waals surface area (Å²) >= 11 is 0. The minimum Gasteiger partial charge on any atom is -0.314 e. The van der Waals surface area contributed by atoms with E-state index in [4.69, 9.17) is 0 Å². The van der Waals surface area contributed by atoms with Gasteiger partial charge in [-0.05, 0) is 31.7 Å². The average Bonchev–Trinajstić information content (AvgIpc) is 2.52. The summed E-state index contributed by atoms with van der Waals surface area (Å²) in [6.45, 7) is 5.90. The summed E-state index contributed by atoms with van der Waals surface area (Å²) in [6, 6.07) is 0.835. The molecule has 0 aromatic rings. The molecular weight excluding hydrogens is 158 g/mol. The van der Waals surface area contributed by atoms with Crippen molar-refractivity contribution < 1.29 is 0 Å².